The van der Waals surface area contributed by atoms with E-state index in [2.05, 4.69) is 120 Å². The minimum atomic E-state index is 0.0200. The lowest BCUT2D eigenvalue weighted by Crippen LogP contribution is -2.27. The van der Waals surface area contributed by atoms with Crippen LogP contribution in [0, 0.1) is 13.8 Å². The van der Waals surface area contributed by atoms with Crippen LogP contribution in [0.15, 0.2) is 78.9 Å². The van der Waals surface area contributed by atoms with E-state index in [9.17, 15) is 0 Å². The first-order chi connectivity index (χ1) is 18.0. The lowest BCUT2D eigenvalue weighted by atomic mass is 9.79. The summed E-state index contributed by atoms with van der Waals surface area (Å²) in [6.07, 6.45) is 0. The zero-order valence-corrected chi connectivity index (χ0v) is 23.1. The molecule has 37 heavy (non-hydrogen) atoms. The van der Waals surface area contributed by atoms with Gasteiger partial charge in [0, 0.05) is 32.1 Å². The maximum atomic E-state index is 6.26. The number of hydrogen-bond donors (Lipinski definition) is 0. The zero-order chi connectivity index (χ0) is 26.4. The number of rotatable bonds is 11. The van der Waals surface area contributed by atoms with E-state index in [1.807, 2.05) is 10.1 Å². The Balaban J connectivity index is 1.93. The van der Waals surface area contributed by atoms with E-state index in [1.54, 1.807) is 0 Å². The van der Waals surface area contributed by atoms with Gasteiger partial charge < -0.3 is 9.68 Å². The maximum absolute atomic E-state index is 6.26. The molecule has 0 aliphatic rings. The number of fused-ring (bicyclic) bond motifs is 1. The number of hydroxylamine groups is 4. The van der Waals surface area contributed by atoms with Crippen molar-refractivity contribution in [1.29, 1.82) is 0 Å². The smallest absolute Gasteiger partial charge is 0.147 e. The Morgan fingerprint density at radius 1 is 0.568 bits per heavy atom. The molecule has 194 valence electrons. The molecule has 0 amide bonds. The van der Waals surface area contributed by atoms with Gasteiger partial charge in [-0.3, -0.25) is 0 Å². The average molecular weight is 497 g/mol. The highest BCUT2D eigenvalue weighted by Gasteiger charge is 2.24. The molecule has 0 radical (unpaired) electrons. The average Bonchev–Trinajstić information content (AvgIpc) is 2.93. The third-order valence-electron chi connectivity index (χ3n) is 7.14. The minimum absolute atomic E-state index is 0.0200. The summed E-state index contributed by atoms with van der Waals surface area (Å²) in [5.74, 6) is 1.75. The summed E-state index contributed by atoms with van der Waals surface area (Å²) in [6, 6.07) is 28.2. The van der Waals surface area contributed by atoms with Gasteiger partial charge in [0.25, 0.3) is 0 Å². The van der Waals surface area contributed by atoms with Gasteiger partial charge in [-0.25, -0.2) is 0 Å². The van der Waals surface area contributed by atoms with Crippen molar-refractivity contribution in [2.45, 2.75) is 47.5 Å². The fourth-order valence-electron chi connectivity index (χ4n) is 4.98. The second-order valence-corrected chi connectivity index (χ2v) is 9.45. The molecule has 0 N–H and O–H groups in total. The number of nitrogens with zero attached hydrogens (tertiary/aromatic N) is 2. The summed E-state index contributed by atoms with van der Waals surface area (Å²) < 4.78 is 0. The lowest BCUT2D eigenvalue weighted by Gasteiger charge is -2.27. The van der Waals surface area contributed by atoms with Gasteiger partial charge in [0.2, 0.25) is 0 Å². The van der Waals surface area contributed by atoms with E-state index in [1.165, 1.54) is 38.6 Å². The van der Waals surface area contributed by atoms with Crippen LogP contribution in [-0.2, 0) is 0 Å². The highest BCUT2D eigenvalue weighted by Crippen LogP contribution is 2.41. The predicted molar refractivity (Wildman–Crippen MR) is 154 cm³/mol. The number of aryl methyl sites for hydroxylation is 2. The Hall–Kier alpha value is -3.34. The van der Waals surface area contributed by atoms with Gasteiger partial charge in [-0.05, 0) is 104 Å². The molecule has 0 fully saturated rings. The van der Waals surface area contributed by atoms with Crippen molar-refractivity contribution in [2.24, 2.45) is 0 Å². The van der Waals surface area contributed by atoms with Crippen LogP contribution in [0.3, 0.4) is 0 Å². The molecule has 0 aliphatic heterocycles. The second-order valence-electron chi connectivity index (χ2n) is 9.45. The van der Waals surface area contributed by atoms with Crippen molar-refractivity contribution in [3.05, 3.63) is 107 Å². The fourth-order valence-corrected chi connectivity index (χ4v) is 4.98. The standard InChI is InChI=1S/C33H40N2O2/c1-7-34(8-2)36-27-20-18-24(5)31(22-27)33(30-17-13-15-26-14-11-12-16-29(26)30)32-23-28(21-19-25(32)6)37-35(9-3)10-4/h11-23,33H,7-10H2,1-6H3. The van der Waals surface area contributed by atoms with Crippen molar-refractivity contribution < 1.29 is 9.68 Å². The largest absolute Gasteiger partial charge is 0.406 e. The third-order valence-corrected chi connectivity index (χ3v) is 7.14. The van der Waals surface area contributed by atoms with Crippen molar-refractivity contribution in [1.82, 2.24) is 10.1 Å². The molecule has 4 nitrogen and oxygen atoms in total. The first-order valence-electron chi connectivity index (χ1n) is 13.5. The first kappa shape index (κ1) is 26.7. The van der Waals surface area contributed by atoms with E-state index in [0.717, 1.165) is 37.7 Å². The van der Waals surface area contributed by atoms with Gasteiger partial charge in [0.1, 0.15) is 11.5 Å². The highest BCUT2D eigenvalue weighted by atomic mass is 16.7. The Kier molecular flexibility index (Phi) is 8.86. The first-order valence-corrected chi connectivity index (χ1v) is 13.5. The molecule has 0 spiro atoms. The fraction of sp³-hybridized carbons (Fsp3) is 0.333. The normalized spacial score (nSPS) is 11.6. The topological polar surface area (TPSA) is 24.9 Å². The van der Waals surface area contributed by atoms with E-state index in [0.29, 0.717) is 0 Å². The van der Waals surface area contributed by atoms with Gasteiger partial charge in [-0.2, -0.15) is 0 Å². The SMILES string of the molecule is CCN(CC)Oc1ccc(C)c(C(c2cc(ON(CC)CC)ccc2C)c2cccc3ccccc23)c1. The Morgan fingerprint density at radius 2 is 1.05 bits per heavy atom. The molecule has 0 aliphatic carbocycles. The van der Waals surface area contributed by atoms with Gasteiger partial charge in [0.15, 0.2) is 0 Å². The van der Waals surface area contributed by atoms with Crippen LogP contribution in [0.2, 0.25) is 0 Å². The Bertz CT molecular complexity index is 1260. The van der Waals surface area contributed by atoms with Crippen LogP contribution in [0.1, 0.15) is 61.4 Å². The monoisotopic (exact) mass is 496 g/mol. The van der Waals surface area contributed by atoms with Gasteiger partial charge in [0.05, 0.1) is 0 Å². The van der Waals surface area contributed by atoms with Crippen LogP contribution in [-0.4, -0.2) is 36.3 Å². The van der Waals surface area contributed by atoms with Crippen molar-refractivity contribution >= 4 is 10.8 Å². The minimum Gasteiger partial charge on any atom is -0.406 e. The maximum Gasteiger partial charge on any atom is 0.147 e. The molecule has 0 saturated carbocycles. The van der Waals surface area contributed by atoms with Crippen LogP contribution in [0.25, 0.3) is 10.8 Å². The van der Waals surface area contributed by atoms with Gasteiger partial charge >= 0.3 is 0 Å². The summed E-state index contributed by atoms with van der Waals surface area (Å²) in [7, 11) is 0. The quantitative estimate of drug-likeness (QED) is 0.156. The molecular weight excluding hydrogens is 456 g/mol. The van der Waals surface area contributed by atoms with Crippen molar-refractivity contribution in [2.75, 3.05) is 26.2 Å². The van der Waals surface area contributed by atoms with Crippen LogP contribution < -0.4 is 9.68 Å². The highest BCUT2D eigenvalue weighted by molar-refractivity contribution is 5.87. The number of benzene rings is 4. The molecule has 4 heteroatoms. The van der Waals surface area contributed by atoms with Gasteiger partial charge in [-0.1, -0.05) is 54.6 Å². The summed E-state index contributed by atoms with van der Waals surface area (Å²) in [5.41, 5.74) is 6.23. The van der Waals surface area contributed by atoms with E-state index >= 15 is 0 Å². The molecule has 4 aromatic rings. The molecule has 0 saturated heterocycles. The zero-order valence-electron chi connectivity index (χ0n) is 23.1. The number of hydrogen-bond acceptors (Lipinski definition) is 4. The summed E-state index contributed by atoms with van der Waals surface area (Å²) in [5, 5.41) is 6.46. The van der Waals surface area contributed by atoms with Crippen LogP contribution in [0.5, 0.6) is 11.5 Å². The molecular formula is C33H40N2O2. The summed E-state index contributed by atoms with van der Waals surface area (Å²) in [4.78, 5) is 12.5. The molecule has 0 unspecified atom stereocenters. The van der Waals surface area contributed by atoms with E-state index in [-0.39, 0.29) is 5.92 Å². The van der Waals surface area contributed by atoms with Crippen LogP contribution in [0.4, 0.5) is 0 Å². The molecule has 0 heterocycles. The molecule has 4 aromatic carbocycles. The van der Waals surface area contributed by atoms with Crippen LogP contribution >= 0.6 is 0 Å². The van der Waals surface area contributed by atoms with E-state index < -0.39 is 0 Å². The molecule has 0 atom stereocenters. The predicted octanol–water partition coefficient (Wildman–Crippen LogP) is 7.91. The summed E-state index contributed by atoms with van der Waals surface area (Å²) >= 11 is 0. The summed E-state index contributed by atoms with van der Waals surface area (Å²) in [6.45, 7) is 16.2. The second kappa shape index (κ2) is 12.3. The Morgan fingerprint density at radius 3 is 1.57 bits per heavy atom. The molecule has 0 bridgehead atoms. The van der Waals surface area contributed by atoms with E-state index in [4.69, 9.17) is 9.68 Å². The third kappa shape index (κ3) is 5.98. The van der Waals surface area contributed by atoms with Gasteiger partial charge in [-0.15, -0.1) is 10.1 Å². The van der Waals surface area contributed by atoms with Crippen molar-refractivity contribution in [3.8, 4) is 11.5 Å². The lowest BCUT2D eigenvalue weighted by molar-refractivity contribution is -0.0487. The molecule has 4 rings (SSSR count). The van der Waals surface area contributed by atoms with Crippen molar-refractivity contribution in [3.63, 3.8) is 0 Å². The molecule has 0 aromatic heterocycles. The Labute approximate surface area is 222 Å².